The van der Waals surface area contributed by atoms with E-state index in [9.17, 15) is 9.59 Å². The predicted octanol–water partition coefficient (Wildman–Crippen LogP) is 3.36. The van der Waals surface area contributed by atoms with Gasteiger partial charge in [0.05, 0.1) is 0 Å². The van der Waals surface area contributed by atoms with Gasteiger partial charge >= 0.3 is 0 Å². The Kier molecular flexibility index (Phi) is 3.28. The molecule has 1 N–H and O–H groups in total. The highest BCUT2D eigenvalue weighted by molar-refractivity contribution is 6.07. The molecule has 0 saturated heterocycles. The van der Waals surface area contributed by atoms with Gasteiger partial charge in [-0.3, -0.25) is 0 Å². The minimum atomic E-state index is -1.26. The van der Waals surface area contributed by atoms with Crippen molar-refractivity contribution < 1.29 is 9.59 Å². The van der Waals surface area contributed by atoms with Gasteiger partial charge in [0.25, 0.3) is 0 Å². The SMILES string of the molecule is O=CC1(C=O)c2ccccc2-c2cccc(C3=CC=CC=CN3)c21. The number of rotatable bonds is 3. The molecule has 0 amide bonds. The van der Waals surface area contributed by atoms with E-state index in [0.29, 0.717) is 0 Å². The third-order valence-electron chi connectivity index (χ3n) is 4.62. The van der Waals surface area contributed by atoms with E-state index in [4.69, 9.17) is 0 Å². The summed E-state index contributed by atoms with van der Waals surface area (Å²) in [5, 5.41) is 3.23. The fraction of sp³-hybridized carbons (Fsp3) is 0.0476. The maximum absolute atomic E-state index is 12.1. The van der Waals surface area contributed by atoms with Gasteiger partial charge in [-0.15, -0.1) is 0 Å². The Morgan fingerprint density at radius 1 is 0.792 bits per heavy atom. The average Bonchev–Trinajstić information content (AvgIpc) is 2.78. The molecule has 0 fully saturated rings. The van der Waals surface area contributed by atoms with Gasteiger partial charge in [-0.1, -0.05) is 54.6 Å². The molecule has 3 heteroatoms. The summed E-state index contributed by atoms with van der Waals surface area (Å²) in [5.74, 6) is 0. The van der Waals surface area contributed by atoms with Crippen molar-refractivity contribution in [2.45, 2.75) is 5.41 Å². The van der Waals surface area contributed by atoms with Crippen molar-refractivity contribution in [2.24, 2.45) is 0 Å². The molecule has 1 heterocycles. The van der Waals surface area contributed by atoms with Crippen LogP contribution in [0.3, 0.4) is 0 Å². The van der Waals surface area contributed by atoms with Crippen LogP contribution in [0.4, 0.5) is 0 Å². The lowest BCUT2D eigenvalue weighted by molar-refractivity contribution is -0.119. The van der Waals surface area contributed by atoms with Crippen molar-refractivity contribution in [3.63, 3.8) is 0 Å². The maximum atomic E-state index is 12.1. The van der Waals surface area contributed by atoms with E-state index in [1.165, 1.54) is 0 Å². The second kappa shape index (κ2) is 5.46. The largest absolute Gasteiger partial charge is 0.361 e. The number of nitrogens with one attached hydrogen (secondary N) is 1. The summed E-state index contributed by atoms with van der Waals surface area (Å²) in [4.78, 5) is 24.2. The second-order valence-corrected chi connectivity index (χ2v) is 5.85. The van der Waals surface area contributed by atoms with Crippen LogP contribution >= 0.6 is 0 Å². The molecule has 1 aliphatic carbocycles. The molecule has 0 bridgehead atoms. The van der Waals surface area contributed by atoms with Crippen LogP contribution in [0.25, 0.3) is 16.8 Å². The van der Waals surface area contributed by atoms with Crippen LogP contribution in [-0.2, 0) is 15.0 Å². The van der Waals surface area contributed by atoms with Gasteiger partial charge in [-0.05, 0) is 34.4 Å². The Hall–Kier alpha value is -3.20. The van der Waals surface area contributed by atoms with Gasteiger partial charge in [-0.2, -0.15) is 0 Å². The summed E-state index contributed by atoms with van der Waals surface area (Å²) in [6.45, 7) is 0. The van der Waals surface area contributed by atoms with Crippen LogP contribution in [0.5, 0.6) is 0 Å². The fourth-order valence-electron chi connectivity index (χ4n) is 3.56. The number of benzene rings is 2. The van der Waals surface area contributed by atoms with Crippen LogP contribution in [-0.4, -0.2) is 12.6 Å². The number of aldehydes is 2. The standard InChI is InChI=1S/C21H15NO2/c23-13-21(14-24)18-10-4-3-7-15(18)16-8-6-9-17(20(16)21)19-11-2-1-5-12-22-19/h1-14,22H. The first-order chi connectivity index (χ1) is 11.8. The minimum absolute atomic E-state index is 0.748. The maximum Gasteiger partial charge on any atom is 0.142 e. The van der Waals surface area contributed by atoms with Crippen LogP contribution in [0.2, 0.25) is 0 Å². The van der Waals surface area contributed by atoms with E-state index in [1.807, 2.05) is 73.0 Å². The Morgan fingerprint density at radius 3 is 2.38 bits per heavy atom. The molecule has 2 aromatic carbocycles. The summed E-state index contributed by atoms with van der Waals surface area (Å²) in [7, 11) is 0. The van der Waals surface area contributed by atoms with E-state index in [-0.39, 0.29) is 0 Å². The van der Waals surface area contributed by atoms with E-state index in [2.05, 4.69) is 5.32 Å². The number of carbonyl (C=O) groups is 2. The lowest BCUT2D eigenvalue weighted by Crippen LogP contribution is -2.30. The third-order valence-corrected chi connectivity index (χ3v) is 4.62. The van der Waals surface area contributed by atoms with Crippen LogP contribution in [0.1, 0.15) is 16.7 Å². The molecule has 0 aromatic heterocycles. The zero-order valence-electron chi connectivity index (χ0n) is 12.9. The first-order valence-electron chi connectivity index (χ1n) is 7.78. The van der Waals surface area contributed by atoms with E-state index in [1.54, 1.807) is 0 Å². The third kappa shape index (κ3) is 1.85. The van der Waals surface area contributed by atoms with Gasteiger partial charge in [-0.25, -0.2) is 0 Å². The zero-order valence-corrected chi connectivity index (χ0v) is 12.9. The van der Waals surface area contributed by atoms with Gasteiger partial charge in [0.1, 0.15) is 18.0 Å². The van der Waals surface area contributed by atoms with E-state index < -0.39 is 5.41 Å². The van der Waals surface area contributed by atoms with Crippen molar-refractivity contribution in [3.8, 4) is 11.1 Å². The monoisotopic (exact) mass is 313 g/mol. The molecule has 4 rings (SSSR count). The first kappa shape index (κ1) is 14.4. The average molecular weight is 313 g/mol. The van der Waals surface area contributed by atoms with Crippen molar-refractivity contribution in [1.29, 1.82) is 0 Å². The summed E-state index contributed by atoms with van der Waals surface area (Å²) in [6, 6.07) is 13.5. The molecule has 2 aromatic rings. The molecule has 0 radical (unpaired) electrons. The molecule has 0 spiro atoms. The Bertz CT molecular complexity index is 927. The molecule has 0 atom stereocenters. The molecule has 24 heavy (non-hydrogen) atoms. The molecule has 3 nitrogen and oxygen atoms in total. The zero-order chi connectivity index (χ0) is 16.6. The summed E-state index contributed by atoms with van der Waals surface area (Å²) in [6.07, 6.45) is 11.0. The number of hydrogen-bond donors (Lipinski definition) is 1. The Labute approximate surface area is 140 Å². The molecule has 116 valence electrons. The van der Waals surface area contributed by atoms with Gasteiger partial charge in [0, 0.05) is 17.5 Å². The topological polar surface area (TPSA) is 46.2 Å². The number of hydrogen-bond acceptors (Lipinski definition) is 3. The van der Waals surface area contributed by atoms with Gasteiger partial charge in [0.2, 0.25) is 0 Å². The van der Waals surface area contributed by atoms with Crippen molar-refractivity contribution >= 4 is 18.3 Å². The van der Waals surface area contributed by atoms with Crippen molar-refractivity contribution in [2.75, 3.05) is 0 Å². The Balaban J connectivity index is 2.06. The van der Waals surface area contributed by atoms with Gasteiger partial charge in [0.15, 0.2) is 0 Å². The van der Waals surface area contributed by atoms with Crippen LogP contribution < -0.4 is 5.32 Å². The minimum Gasteiger partial charge on any atom is -0.361 e. The van der Waals surface area contributed by atoms with E-state index >= 15 is 0 Å². The van der Waals surface area contributed by atoms with Gasteiger partial charge < -0.3 is 14.9 Å². The van der Waals surface area contributed by atoms with Crippen LogP contribution in [0, 0.1) is 0 Å². The smallest absolute Gasteiger partial charge is 0.142 e. The number of carbonyl (C=O) groups excluding carboxylic acids is 2. The molecule has 2 aliphatic rings. The molecular formula is C21H15NO2. The van der Waals surface area contributed by atoms with Crippen molar-refractivity contribution in [3.05, 3.63) is 89.7 Å². The lowest BCUT2D eigenvalue weighted by atomic mass is 9.78. The van der Waals surface area contributed by atoms with Crippen LogP contribution in [0.15, 0.2) is 73.0 Å². The molecule has 1 aliphatic heterocycles. The fourth-order valence-corrected chi connectivity index (χ4v) is 3.56. The predicted molar refractivity (Wildman–Crippen MR) is 94.2 cm³/mol. The summed E-state index contributed by atoms with van der Waals surface area (Å²) < 4.78 is 0. The molecule has 0 unspecified atom stereocenters. The highest BCUT2D eigenvalue weighted by Crippen LogP contribution is 2.49. The Morgan fingerprint density at radius 2 is 1.54 bits per heavy atom. The summed E-state index contributed by atoms with van der Waals surface area (Å²) in [5.41, 5.74) is 3.83. The quantitative estimate of drug-likeness (QED) is 0.698. The van der Waals surface area contributed by atoms with E-state index in [0.717, 1.165) is 46.1 Å². The first-order valence-corrected chi connectivity index (χ1v) is 7.78. The number of allylic oxidation sites excluding steroid dienone is 4. The van der Waals surface area contributed by atoms with Crippen molar-refractivity contribution in [1.82, 2.24) is 5.32 Å². The lowest BCUT2D eigenvalue weighted by Gasteiger charge is -2.22. The second-order valence-electron chi connectivity index (χ2n) is 5.85. The highest BCUT2D eigenvalue weighted by atomic mass is 16.1. The normalized spacial score (nSPS) is 16.4. The molecular weight excluding hydrogens is 298 g/mol. The number of fused-ring (bicyclic) bond motifs is 3. The molecule has 0 saturated carbocycles. The highest BCUT2D eigenvalue weighted by Gasteiger charge is 2.45. The summed E-state index contributed by atoms with van der Waals surface area (Å²) >= 11 is 0.